The van der Waals surface area contributed by atoms with Crippen LogP contribution >= 0.6 is 11.5 Å². The van der Waals surface area contributed by atoms with Crippen LogP contribution in [0.4, 0.5) is 14.5 Å². The Hall–Kier alpha value is -3.31. The largest absolute Gasteiger partial charge is 0.454 e. The Kier molecular flexibility index (Phi) is 5.70. The molecule has 7 nitrogen and oxygen atoms in total. The van der Waals surface area contributed by atoms with Gasteiger partial charge < -0.3 is 9.30 Å². The van der Waals surface area contributed by atoms with E-state index in [1.54, 1.807) is 18.6 Å². The zero-order valence-corrected chi connectivity index (χ0v) is 18.6. The topological polar surface area (TPSA) is 90.3 Å². The predicted molar refractivity (Wildman–Crippen MR) is 120 cm³/mol. The van der Waals surface area contributed by atoms with Crippen molar-refractivity contribution in [2.24, 2.45) is 7.05 Å². The molecule has 32 heavy (non-hydrogen) atoms. The van der Waals surface area contributed by atoms with E-state index in [-0.39, 0.29) is 28.5 Å². The summed E-state index contributed by atoms with van der Waals surface area (Å²) in [4.78, 5) is 12.4. The summed E-state index contributed by atoms with van der Waals surface area (Å²) in [5, 5.41) is 2.00. The molecule has 0 spiro atoms. The minimum atomic E-state index is -3.56. The highest BCUT2D eigenvalue weighted by Gasteiger charge is 2.19. The monoisotopic (exact) mass is 477 g/mol. The van der Waals surface area contributed by atoms with Crippen LogP contribution in [-0.4, -0.2) is 23.1 Å². The number of aromatic nitrogens is 2. The SMILES string of the molecule is CCS(=O)(=O)Nc1ccc(Oc2ccc(F)cc2F)c(-c2cn(C)c(=O)c3csnc23)c1. The maximum absolute atomic E-state index is 14.2. The predicted octanol–water partition coefficient (Wildman–Crippen LogP) is 4.49. The molecule has 4 aromatic rings. The maximum atomic E-state index is 14.2. The molecule has 0 atom stereocenters. The molecular formula is C21H17F2N3O4S2. The summed E-state index contributed by atoms with van der Waals surface area (Å²) in [6.07, 6.45) is 1.55. The summed E-state index contributed by atoms with van der Waals surface area (Å²) >= 11 is 1.10. The first-order valence-corrected chi connectivity index (χ1v) is 11.9. The van der Waals surface area contributed by atoms with Gasteiger partial charge in [-0.05, 0) is 48.8 Å². The molecule has 0 aliphatic rings. The van der Waals surface area contributed by atoms with Crippen LogP contribution in [0.1, 0.15) is 6.92 Å². The Bertz CT molecular complexity index is 1500. The number of aryl methyl sites for hydroxylation is 1. The number of hydrogen-bond donors (Lipinski definition) is 1. The van der Waals surface area contributed by atoms with E-state index < -0.39 is 21.7 Å². The lowest BCUT2D eigenvalue weighted by Crippen LogP contribution is -2.16. The number of rotatable bonds is 6. The molecule has 0 aliphatic carbocycles. The van der Waals surface area contributed by atoms with Crippen LogP contribution in [0.2, 0.25) is 0 Å². The van der Waals surface area contributed by atoms with Crippen molar-refractivity contribution in [2.75, 3.05) is 10.5 Å². The van der Waals surface area contributed by atoms with Crippen LogP contribution in [0.15, 0.2) is 52.8 Å². The highest BCUT2D eigenvalue weighted by molar-refractivity contribution is 7.92. The molecular weight excluding hydrogens is 460 g/mol. The quantitative estimate of drug-likeness (QED) is 0.442. The lowest BCUT2D eigenvalue weighted by Gasteiger charge is -2.15. The molecule has 0 bridgehead atoms. The van der Waals surface area contributed by atoms with Gasteiger partial charge in [0.05, 0.1) is 16.7 Å². The maximum Gasteiger partial charge on any atom is 0.260 e. The van der Waals surface area contributed by atoms with E-state index in [0.717, 1.165) is 23.7 Å². The van der Waals surface area contributed by atoms with Gasteiger partial charge in [0.15, 0.2) is 11.6 Å². The molecule has 0 amide bonds. The van der Waals surface area contributed by atoms with E-state index in [9.17, 15) is 22.0 Å². The number of fused-ring (bicyclic) bond motifs is 1. The molecule has 11 heteroatoms. The zero-order valence-electron chi connectivity index (χ0n) is 16.9. The first kappa shape index (κ1) is 21.9. The first-order chi connectivity index (χ1) is 15.2. The molecule has 0 saturated carbocycles. The number of nitrogens with one attached hydrogen (secondary N) is 1. The number of pyridine rings is 1. The molecule has 0 aliphatic heterocycles. The molecule has 0 unspecified atom stereocenters. The molecule has 166 valence electrons. The van der Waals surface area contributed by atoms with Crippen LogP contribution in [-0.2, 0) is 17.1 Å². The van der Waals surface area contributed by atoms with Gasteiger partial charge in [0.1, 0.15) is 11.6 Å². The fourth-order valence-electron chi connectivity index (χ4n) is 3.10. The number of nitrogens with zero attached hydrogens (tertiary/aromatic N) is 2. The number of benzene rings is 2. The van der Waals surface area contributed by atoms with Crippen molar-refractivity contribution in [3.63, 3.8) is 0 Å². The van der Waals surface area contributed by atoms with Gasteiger partial charge in [-0.3, -0.25) is 9.52 Å². The van der Waals surface area contributed by atoms with E-state index in [0.29, 0.717) is 28.1 Å². The van der Waals surface area contributed by atoms with E-state index in [1.165, 1.54) is 29.7 Å². The Morgan fingerprint density at radius 1 is 1.12 bits per heavy atom. The lowest BCUT2D eigenvalue weighted by atomic mass is 10.0. The molecule has 1 N–H and O–H groups in total. The van der Waals surface area contributed by atoms with Crippen molar-refractivity contribution in [1.82, 2.24) is 8.94 Å². The lowest BCUT2D eigenvalue weighted by molar-refractivity contribution is 0.439. The van der Waals surface area contributed by atoms with Crippen molar-refractivity contribution >= 4 is 38.1 Å². The normalized spacial score (nSPS) is 11.6. The van der Waals surface area contributed by atoms with Crippen molar-refractivity contribution in [3.8, 4) is 22.6 Å². The van der Waals surface area contributed by atoms with Crippen LogP contribution < -0.4 is 15.0 Å². The Morgan fingerprint density at radius 2 is 1.88 bits per heavy atom. The average Bonchev–Trinajstić information content (AvgIpc) is 3.24. The highest BCUT2D eigenvalue weighted by Crippen LogP contribution is 2.39. The highest BCUT2D eigenvalue weighted by atomic mass is 32.2. The average molecular weight is 478 g/mol. The third-order valence-electron chi connectivity index (χ3n) is 4.74. The molecule has 2 heterocycles. The zero-order chi connectivity index (χ0) is 23.0. The molecule has 0 fully saturated rings. The van der Waals surface area contributed by atoms with E-state index in [2.05, 4.69) is 9.10 Å². The van der Waals surface area contributed by atoms with Gasteiger partial charge >= 0.3 is 0 Å². The molecule has 0 saturated heterocycles. The van der Waals surface area contributed by atoms with Gasteiger partial charge in [-0.2, -0.15) is 4.37 Å². The summed E-state index contributed by atoms with van der Waals surface area (Å²) in [6.45, 7) is 1.50. The molecule has 0 radical (unpaired) electrons. The van der Waals surface area contributed by atoms with Gasteiger partial charge in [-0.15, -0.1) is 0 Å². The van der Waals surface area contributed by atoms with Crippen LogP contribution in [0.3, 0.4) is 0 Å². The summed E-state index contributed by atoms with van der Waals surface area (Å²) in [5.41, 5.74) is 1.27. The molecule has 2 aromatic carbocycles. The van der Waals surface area contributed by atoms with Gasteiger partial charge in [-0.25, -0.2) is 17.2 Å². The smallest absolute Gasteiger partial charge is 0.260 e. The third-order valence-corrected chi connectivity index (χ3v) is 6.67. The number of halogens is 2. The van der Waals surface area contributed by atoms with Crippen LogP contribution in [0.25, 0.3) is 22.0 Å². The van der Waals surface area contributed by atoms with Gasteiger partial charge in [-0.1, -0.05) is 0 Å². The van der Waals surface area contributed by atoms with Crippen molar-refractivity contribution in [1.29, 1.82) is 0 Å². The fraction of sp³-hybridized carbons (Fsp3) is 0.143. The number of ether oxygens (including phenoxy) is 1. The number of anilines is 1. The van der Waals surface area contributed by atoms with E-state index in [4.69, 9.17) is 4.74 Å². The van der Waals surface area contributed by atoms with Crippen molar-refractivity contribution in [3.05, 3.63) is 70.0 Å². The second kappa shape index (κ2) is 8.32. The second-order valence-electron chi connectivity index (χ2n) is 6.93. The van der Waals surface area contributed by atoms with Gasteiger partial charge in [0, 0.05) is 41.5 Å². The number of hydrogen-bond acceptors (Lipinski definition) is 6. The Balaban J connectivity index is 1.93. The summed E-state index contributed by atoms with van der Waals surface area (Å²) in [6, 6.07) is 7.36. The van der Waals surface area contributed by atoms with Crippen molar-refractivity contribution in [2.45, 2.75) is 6.92 Å². The molecule has 4 rings (SSSR count). The summed E-state index contributed by atoms with van der Waals surface area (Å²) in [5.74, 6) is -1.82. The van der Waals surface area contributed by atoms with Gasteiger partial charge in [0.25, 0.3) is 5.56 Å². The Labute approximate surface area is 186 Å². The minimum Gasteiger partial charge on any atom is -0.454 e. The molecule has 2 aromatic heterocycles. The minimum absolute atomic E-state index is 0.127. The Morgan fingerprint density at radius 3 is 2.59 bits per heavy atom. The summed E-state index contributed by atoms with van der Waals surface area (Å²) < 4.78 is 65.5. The third kappa shape index (κ3) is 4.21. The first-order valence-electron chi connectivity index (χ1n) is 9.40. The fourth-order valence-corrected chi connectivity index (χ4v) is 4.41. The van der Waals surface area contributed by atoms with E-state index >= 15 is 0 Å². The number of sulfonamides is 1. The standard InChI is InChI=1S/C21H17F2N3O4S2/c1-3-32(28,29)25-13-5-7-18(30-19-6-4-12(22)8-17(19)23)14(9-13)15-10-26(2)21(27)16-11-31-24-20(15)16/h4-11,25H,3H2,1-2H3. The summed E-state index contributed by atoms with van der Waals surface area (Å²) in [7, 11) is -1.99. The van der Waals surface area contributed by atoms with Gasteiger partial charge in [0.2, 0.25) is 10.0 Å². The second-order valence-corrected chi connectivity index (χ2v) is 9.57. The van der Waals surface area contributed by atoms with Crippen LogP contribution in [0.5, 0.6) is 11.5 Å². The van der Waals surface area contributed by atoms with E-state index in [1.807, 2.05) is 0 Å². The van der Waals surface area contributed by atoms with Crippen molar-refractivity contribution < 1.29 is 21.9 Å². The van der Waals surface area contributed by atoms with Crippen LogP contribution in [0, 0.1) is 11.6 Å².